The van der Waals surface area contributed by atoms with E-state index in [2.05, 4.69) is 32.5 Å². The molecule has 0 aliphatic heterocycles. The molecule has 0 aromatic heterocycles. The Hall–Kier alpha value is -1.96. The highest BCUT2D eigenvalue weighted by atomic mass is 79.9. The van der Waals surface area contributed by atoms with Gasteiger partial charge in [-0.05, 0) is 36.2 Å². The van der Waals surface area contributed by atoms with Gasteiger partial charge in [-0.25, -0.2) is 8.42 Å². The van der Waals surface area contributed by atoms with Gasteiger partial charge in [0.25, 0.3) is 0 Å². The lowest BCUT2D eigenvalue weighted by atomic mass is 10.1. The molecule has 2 N–H and O–H groups in total. The summed E-state index contributed by atoms with van der Waals surface area (Å²) in [5.74, 6) is -0.399. The minimum atomic E-state index is -3.82. The van der Waals surface area contributed by atoms with Crippen LogP contribution in [-0.2, 0) is 21.2 Å². The summed E-state index contributed by atoms with van der Waals surface area (Å²) >= 11 is 3.27. The van der Waals surface area contributed by atoms with Crippen LogP contribution in [0.2, 0.25) is 0 Å². The van der Waals surface area contributed by atoms with Crippen molar-refractivity contribution in [2.75, 3.05) is 6.54 Å². The Labute approximate surface area is 156 Å². The van der Waals surface area contributed by atoms with Crippen molar-refractivity contribution in [1.82, 2.24) is 10.0 Å². The first-order chi connectivity index (χ1) is 11.9. The first-order valence-electron chi connectivity index (χ1n) is 7.63. The van der Waals surface area contributed by atoms with Gasteiger partial charge in [0.15, 0.2) is 0 Å². The van der Waals surface area contributed by atoms with Crippen molar-refractivity contribution >= 4 is 31.9 Å². The number of amides is 1. The van der Waals surface area contributed by atoms with Crippen LogP contribution in [0.25, 0.3) is 0 Å². The van der Waals surface area contributed by atoms with E-state index in [1.807, 2.05) is 30.3 Å². The van der Waals surface area contributed by atoms with E-state index in [4.69, 9.17) is 0 Å². The number of benzene rings is 2. The van der Waals surface area contributed by atoms with Crippen molar-refractivity contribution in [2.45, 2.75) is 17.4 Å². The molecule has 0 bridgehead atoms. The minimum Gasteiger partial charge on any atom is -0.351 e. The van der Waals surface area contributed by atoms with Crippen molar-refractivity contribution < 1.29 is 13.2 Å². The summed E-state index contributed by atoms with van der Waals surface area (Å²) in [4.78, 5) is 12.5. The van der Waals surface area contributed by atoms with E-state index < -0.39 is 22.0 Å². The molecule has 1 amide bonds. The largest absolute Gasteiger partial charge is 0.351 e. The molecule has 0 aliphatic rings. The number of hydrogen-bond donors (Lipinski definition) is 2. The predicted octanol–water partition coefficient (Wildman–Crippen LogP) is 2.64. The third-order valence-electron chi connectivity index (χ3n) is 3.44. The Morgan fingerprint density at radius 3 is 2.36 bits per heavy atom. The number of nitrogens with one attached hydrogen (secondary N) is 2. The van der Waals surface area contributed by atoms with Crippen molar-refractivity contribution in [3.05, 3.63) is 77.3 Å². The molecule has 2 aromatic rings. The molecule has 2 rings (SSSR count). The molecule has 5 nitrogen and oxygen atoms in total. The van der Waals surface area contributed by atoms with Gasteiger partial charge in [0.1, 0.15) is 6.04 Å². The summed E-state index contributed by atoms with van der Waals surface area (Å²) in [7, 11) is -3.82. The normalized spacial score (nSPS) is 12.4. The Morgan fingerprint density at radius 1 is 1.12 bits per heavy atom. The van der Waals surface area contributed by atoms with Crippen LogP contribution in [0.4, 0.5) is 0 Å². The third kappa shape index (κ3) is 5.81. The summed E-state index contributed by atoms with van der Waals surface area (Å²) in [6.07, 6.45) is 1.79. The Bertz CT molecular complexity index is 821. The first kappa shape index (κ1) is 19.4. The average Bonchev–Trinajstić information content (AvgIpc) is 2.60. The second-order valence-electron chi connectivity index (χ2n) is 5.35. The fraction of sp³-hybridized carbons (Fsp3) is 0.167. The van der Waals surface area contributed by atoms with E-state index in [-0.39, 0.29) is 17.9 Å². The topological polar surface area (TPSA) is 75.3 Å². The third-order valence-corrected chi connectivity index (χ3v) is 5.46. The standard InChI is InChI=1S/C18H19BrN2O3S/c1-2-12-20-18(22)17(13-14-6-4-3-5-7-14)21-25(23,24)16-10-8-15(19)9-11-16/h2-11,17,21H,1,12-13H2,(H,20,22)/t17-/m1/s1. The van der Waals surface area contributed by atoms with Gasteiger partial charge in [-0.3, -0.25) is 4.79 Å². The van der Waals surface area contributed by atoms with Crippen molar-refractivity contribution in [1.29, 1.82) is 0 Å². The molecule has 1 atom stereocenters. The quantitative estimate of drug-likeness (QED) is 0.642. The summed E-state index contributed by atoms with van der Waals surface area (Å²) in [5, 5.41) is 2.64. The molecule has 0 unspecified atom stereocenters. The summed E-state index contributed by atoms with van der Waals surface area (Å²) in [6, 6.07) is 14.6. The van der Waals surface area contributed by atoms with Crippen molar-refractivity contribution in [3.8, 4) is 0 Å². The number of carbonyl (C=O) groups is 1. The maximum atomic E-state index is 12.6. The molecule has 25 heavy (non-hydrogen) atoms. The number of carbonyl (C=O) groups excluding carboxylic acids is 1. The second kappa shape index (κ2) is 8.94. The molecule has 7 heteroatoms. The highest BCUT2D eigenvalue weighted by molar-refractivity contribution is 9.10. The SMILES string of the molecule is C=CCNC(=O)[C@@H](Cc1ccccc1)NS(=O)(=O)c1ccc(Br)cc1. The average molecular weight is 423 g/mol. The highest BCUT2D eigenvalue weighted by Crippen LogP contribution is 2.15. The number of halogens is 1. The lowest BCUT2D eigenvalue weighted by Crippen LogP contribution is -2.47. The number of sulfonamides is 1. The van der Waals surface area contributed by atoms with Gasteiger partial charge >= 0.3 is 0 Å². The highest BCUT2D eigenvalue weighted by Gasteiger charge is 2.25. The van der Waals surface area contributed by atoms with Gasteiger partial charge < -0.3 is 5.32 Å². The summed E-state index contributed by atoms with van der Waals surface area (Å²) in [5.41, 5.74) is 0.861. The van der Waals surface area contributed by atoms with Crippen LogP contribution >= 0.6 is 15.9 Å². The Balaban J connectivity index is 2.23. The molecular weight excluding hydrogens is 404 g/mol. The zero-order chi connectivity index (χ0) is 18.3. The predicted molar refractivity (Wildman–Crippen MR) is 102 cm³/mol. The molecule has 0 aliphatic carbocycles. The lowest BCUT2D eigenvalue weighted by molar-refractivity contribution is -0.122. The van der Waals surface area contributed by atoms with Gasteiger partial charge in [0, 0.05) is 11.0 Å². The Kier molecular flexibility index (Phi) is 6.92. The maximum absolute atomic E-state index is 12.6. The molecule has 2 aromatic carbocycles. The minimum absolute atomic E-state index is 0.102. The fourth-order valence-corrected chi connectivity index (χ4v) is 3.66. The smallest absolute Gasteiger partial charge is 0.241 e. The molecule has 0 fully saturated rings. The van der Waals surface area contributed by atoms with Crippen LogP contribution in [-0.4, -0.2) is 26.9 Å². The van der Waals surface area contributed by atoms with Crippen molar-refractivity contribution in [3.63, 3.8) is 0 Å². The van der Waals surface area contributed by atoms with Gasteiger partial charge in [0.05, 0.1) is 4.90 Å². The maximum Gasteiger partial charge on any atom is 0.241 e. The summed E-state index contributed by atoms with van der Waals surface area (Å²) in [6.45, 7) is 3.82. The molecule has 0 saturated carbocycles. The van der Waals surface area contributed by atoms with E-state index >= 15 is 0 Å². The van der Waals surface area contributed by atoms with E-state index in [1.165, 1.54) is 12.1 Å². The van der Waals surface area contributed by atoms with Crippen LogP contribution in [0, 0.1) is 0 Å². The zero-order valence-corrected chi connectivity index (χ0v) is 15.9. The molecular formula is C18H19BrN2O3S. The van der Waals surface area contributed by atoms with Crippen LogP contribution in [0.5, 0.6) is 0 Å². The van der Waals surface area contributed by atoms with Gasteiger partial charge in [-0.15, -0.1) is 6.58 Å². The van der Waals surface area contributed by atoms with Gasteiger partial charge in [-0.2, -0.15) is 4.72 Å². The first-order valence-corrected chi connectivity index (χ1v) is 9.90. The number of rotatable bonds is 8. The van der Waals surface area contributed by atoms with Crippen LogP contribution in [0.1, 0.15) is 5.56 Å². The second-order valence-corrected chi connectivity index (χ2v) is 7.98. The zero-order valence-electron chi connectivity index (χ0n) is 13.5. The number of hydrogen-bond acceptors (Lipinski definition) is 3. The van der Waals surface area contributed by atoms with Crippen LogP contribution < -0.4 is 10.0 Å². The molecule has 132 valence electrons. The van der Waals surface area contributed by atoms with E-state index in [0.717, 1.165) is 10.0 Å². The Morgan fingerprint density at radius 2 is 1.76 bits per heavy atom. The fourth-order valence-electron chi connectivity index (χ4n) is 2.20. The molecule has 0 radical (unpaired) electrons. The van der Waals surface area contributed by atoms with Crippen molar-refractivity contribution in [2.24, 2.45) is 0 Å². The summed E-state index contributed by atoms with van der Waals surface area (Å²) < 4.78 is 28.5. The van der Waals surface area contributed by atoms with Crippen LogP contribution in [0.3, 0.4) is 0 Å². The lowest BCUT2D eigenvalue weighted by Gasteiger charge is -2.18. The van der Waals surface area contributed by atoms with E-state index in [0.29, 0.717) is 0 Å². The monoisotopic (exact) mass is 422 g/mol. The van der Waals surface area contributed by atoms with E-state index in [9.17, 15) is 13.2 Å². The van der Waals surface area contributed by atoms with Gasteiger partial charge in [0.2, 0.25) is 15.9 Å². The molecule has 0 spiro atoms. The molecule has 0 heterocycles. The van der Waals surface area contributed by atoms with E-state index in [1.54, 1.807) is 18.2 Å². The van der Waals surface area contributed by atoms with Gasteiger partial charge in [-0.1, -0.05) is 52.3 Å². The van der Waals surface area contributed by atoms with Crippen LogP contribution in [0.15, 0.2) is 76.6 Å². The molecule has 0 saturated heterocycles.